The molecule has 0 radical (unpaired) electrons. The predicted molar refractivity (Wildman–Crippen MR) is 118 cm³/mol. The fourth-order valence-electron chi connectivity index (χ4n) is 3.01. The van der Waals surface area contributed by atoms with Crippen molar-refractivity contribution in [2.24, 2.45) is 5.41 Å². The van der Waals surface area contributed by atoms with Gasteiger partial charge < -0.3 is 5.32 Å². The summed E-state index contributed by atoms with van der Waals surface area (Å²) >= 11 is 7.51. The molecule has 0 spiro atoms. The summed E-state index contributed by atoms with van der Waals surface area (Å²) in [5.41, 5.74) is 3.16. The lowest BCUT2D eigenvalue weighted by Gasteiger charge is -2.25. The van der Waals surface area contributed by atoms with Crippen LogP contribution in [-0.2, 0) is 16.0 Å². The Balaban J connectivity index is 1.88. The van der Waals surface area contributed by atoms with Crippen molar-refractivity contribution < 1.29 is 9.59 Å². The number of hydrogen-bond acceptors (Lipinski definition) is 3. The lowest BCUT2D eigenvalue weighted by molar-refractivity contribution is -0.123. The molecule has 1 N–H and O–H groups in total. The Labute approximate surface area is 175 Å². The monoisotopic (exact) mass is 416 g/mol. The molecular formula is C22H25ClN2O2S. The summed E-state index contributed by atoms with van der Waals surface area (Å²) in [5.74, 6) is 0.660. The lowest BCUT2D eigenvalue weighted by Crippen LogP contribution is -2.32. The molecule has 1 heterocycles. The first kappa shape index (κ1) is 20.7. The third-order valence-corrected chi connectivity index (χ3v) is 6.72. The maximum atomic E-state index is 12.6. The maximum Gasteiger partial charge on any atom is 0.238 e. The average molecular weight is 417 g/mol. The summed E-state index contributed by atoms with van der Waals surface area (Å²) in [7, 11) is 0. The minimum Gasteiger partial charge on any atom is -0.326 e. The van der Waals surface area contributed by atoms with Gasteiger partial charge in [0.1, 0.15) is 5.37 Å². The van der Waals surface area contributed by atoms with Crippen LogP contribution in [0.4, 0.5) is 11.4 Å². The number of benzene rings is 2. The van der Waals surface area contributed by atoms with E-state index in [1.807, 2.05) is 55.1 Å². The summed E-state index contributed by atoms with van der Waals surface area (Å²) in [6.07, 6.45) is 0.922. The molecule has 2 aromatic rings. The number of carbonyl (C=O) groups is 2. The van der Waals surface area contributed by atoms with Crippen molar-refractivity contribution in [3.05, 3.63) is 59.7 Å². The van der Waals surface area contributed by atoms with Crippen molar-refractivity contribution in [3.8, 4) is 0 Å². The Morgan fingerprint density at radius 2 is 2.00 bits per heavy atom. The van der Waals surface area contributed by atoms with Crippen molar-refractivity contribution >= 4 is 46.6 Å². The Morgan fingerprint density at radius 3 is 2.71 bits per heavy atom. The summed E-state index contributed by atoms with van der Waals surface area (Å²) in [5, 5.41) is 2.83. The minimum absolute atomic E-state index is 0.0981. The zero-order valence-corrected chi connectivity index (χ0v) is 17.9. The molecule has 1 saturated heterocycles. The molecule has 28 heavy (non-hydrogen) atoms. The molecular weight excluding hydrogens is 392 g/mol. The van der Waals surface area contributed by atoms with Crippen LogP contribution in [0.2, 0.25) is 0 Å². The molecule has 0 unspecified atom stereocenters. The fraction of sp³-hybridized carbons (Fsp3) is 0.364. The molecule has 0 bridgehead atoms. The Morgan fingerprint density at radius 1 is 1.25 bits per heavy atom. The van der Waals surface area contributed by atoms with Gasteiger partial charge in [-0.15, -0.1) is 23.4 Å². The first-order valence-corrected chi connectivity index (χ1v) is 10.9. The average Bonchev–Trinajstić information content (AvgIpc) is 3.09. The van der Waals surface area contributed by atoms with E-state index in [0.29, 0.717) is 11.4 Å². The number of amides is 2. The van der Waals surface area contributed by atoms with E-state index in [1.165, 1.54) is 5.56 Å². The Bertz CT molecular complexity index is 884. The van der Waals surface area contributed by atoms with Gasteiger partial charge in [-0.1, -0.05) is 31.2 Å². The van der Waals surface area contributed by atoms with E-state index in [2.05, 4.69) is 24.4 Å². The van der Waals surface area contributed by atoms with Gasteiger partial charge in [-0.25, -0.2) is 0 Å². The third-order valence-electron chi connectivity index (χ3n) is 4.84. The molecule has 1 aliphatic rings. The van der Waals surface area contributed by atoms with Crippen molar-refractivity contribution in [1.82, 2.24) is 0 Å². The zero-order chi connectivity index (χ0) is 20.3. The number of anilines is 2. The Hall–Kier alpha value is -1.98. The van der Waals surface area contributed by atoms with E-state index in [1.54, 1.807) is 11.8 Å². The van der Waals surface area contributed by atoms with Crippen LogP contribution >= 0.6 is 23.4 Å². The van der Waals surface area contributed by atoms with Crippen molar-refractivity contribution in [2.45, 2.75) is 32.6 Å². The van der Waals surface area contributed by atoms with Gasteiger partial charge in [-0.05, 0) is 55.7 Å². The summed E-state index contributed by atoms with van der Waals surface area (Å²) < 4.78 is 0. The van der Waals surface area contributed by atoms with Crippen molar-refractivity contribution in [1.29, 1.82) is 0 Å². The van der Waals surface area contributed by atoms with Crippen LogP contribution in [-0.4, -0.2) is 23.4 Å². The van der Waals surface area contributed by atoms with E-state index in [-0.39, 0.29) is 23.1 Å². The molecule has 1 fully saturated rings. The van der Waals surface area contributed by atoms with E-state index in [4.69, 9.17) is 11.6 Å². The number of thioether (sulfide) groups is 1. The number of carbonyl (C=O) groups excluding carboxylic acids is 2. The molecule has 0 aromatic heterocycles. The van der Waals surface area contributed by atoms with Crippen LogP contribution in [0.1, 0.15) is 37.3 Å². The third kappa shape index (κ3) is 4.36. The topological polar surface area (TPSA) is 49.4 Å². The fourth-order valence-corrected chi connectivity index (χ4v) is 4.30. The molecule has 4 nitrogen and oxygen atoms in total. The highest BCUT2D eigenvalue weighted by molar-refractivity contribution is 8.00. The van der Waals surface area contributed by atoms with Crippen molar-refractivity contribution in [2.75, 3.05) is 21.8 Å². The second-order valence-electron chi connectivity index (χ2n) is 7.55. The quantitative estimate of drug-likeness (QED) is 0.656. The SMILES string of the molecule is CCc1cccc(N2C(=O)CS[C@H]2c2cccc(NC(=O)C(C)(C)CCl)c2)c1. The van der Waals surface area contributed by atoms with E-state index in [9.17, 15) is 9.59 Å². The Kier molecular flexibility index (Phi) is 6.36. The molecule has 2 amide bonds. The standard InChI is InChI=1S/C22H25ClN2O2S/c1-4-15-7-5-10-18(11-15)25-19(26)13-28-20(25)16-8-6-9-17(12-16)24-21(27)22(2,3)14-23/h5-12,20H,4,13-14H2,1-3H3,(H,24,27)/t20-/m0/s1. The van der Waals surface area contributed by atoms with Crippen LogP contribution in [0.3, 0.4) is 0 Å². The molecule has 148 valence electrons. The summed E-state index contributed by atoms with van der Waals surface area (Å²) in [4.78, 5) is 26.9. The van der Waals surface area contributed by atoms with Gasteiger partial charge >= 0.3 is 0 Å². The van der Waals surface area contributed by atoms with Gasteiger partial charge in [0.2, 0.25) is 11.8 Å². The first-order chi connectivity index (χ1) is 13.4. The first-order valence-electron chi connectivity index (χ1n) is 9.35. The van der Waals surface area contributed by atoms with E-state index < -0.39 is 5.41 Å². The molecule has 6 heteroatoms. The number of alkyl halides is 1. The van der Waals surface area contributed by atoms with Crippen LogP contribution in [0.15, 0.2) is 48.5 Å². The largest absolute Gasteiger partial charge is 0.326 e. The number of halogens is 1. The number of rotatable bonds is 6. The highest BCUT2D eigenvalue weighted by Gasteiger charge is 2.34. The second-order valence-corrected chi connectivity index (χ2v) is 8.88. The molecule has 0 saturated carbocycles. The van der Waals surface area contributed by atoms with Gasteiger partial charge in [0.05, 0.1) is 11.2 Å². The minimum atomic E-state index is -0.651. The van der Waals surface area contributed by atoms with E-state index in [0.717, 1.165) is 17.7 Å². The van der Waals surface area contributed by atoms with Gasteiger partial charge in [0.25, 0.3) is 0 Å². The van der Waals surface area contributed by atoms with Crippen LogP contribution < -0.4 is 10.2 Å². The number of nitrogens with one attached hydrogen (secondary N) is 1. The highest BCUT2D eigenvalue weighted by Crippen LogP contribution is 2.42. The van der Waals surface area contributed by atoms with Gasteiger partial charge in [0, 0.05) is 17.3 Å². The molecule has 1 aliphatic heterocycles. The molecule has 3 rings (SSSR count). The molecule has 2 aromatic carbocycles. The van der Waals surface area contributed by atoms with E-state index >= 15 is 0 Å². The zero-order valence-electron chi connectivity index (χ0n) is 16.4. The number of aryl methyl sites for hydroxylation is 1. The summed E-state index contributed by atoms with van der Waals surface area (Å²) in [6, 6.07) is 15.8. The predicted octanol–water partition coefficient (Wildman–Crippen LogP) is 5.23. The van der Waals surface area contributed by atoms with Crippen molar-refractivity contribution in [3.63, 3.8) is 0 Å². The smallest absolute Gasteiger partial charge is 0.238 e. The molecule has 0 aliphatic carbocycles. The second kappa shape index (κ2) is 8.58. The normalized spacial score (nSPS) is 17.1. The number of hydrogen-bond donors (Lipinski definition) is 1. The van der Waals surface area contributed by atoms with Gasteiger partial charge in [-0.3, -0.25) is 14.5 Å². The lowest BCUT2D eigenvalue weighted by atomic mass is 9.95. The molecule has 1 atom stereocenters. The van der Waals surface area contributed by atoms with Gasteiger partial charge in [0.15, 0.2) is 0 Å². The number of nitrogens with zero attached hydrogens (tertiary/aromatic N) is 1. The van der Waals surface area contributed by atoms with Gasteiger partial charge in [-0.2, -0.15) is 0 Å². The maximum absolute atomic E-state index is 12.6. The van der Waals surface area contributed by atoms with Crippen LogP contribution in [0.5, 0.6) is 0 Å². The van der Waals surface area contributed by atoms with Crippen LogP contribution in [0.25, 0.3) is 0 Å². The highest BCUT2D eigenvalue weighted by atomic mass is 35.5. The van der Waals surface area contributed by atoms with Crippen LogP contribution in [0, 0.1) is 5.41 Å². The summed E-state index contributed by atoms with van der Waals surface area (Å²) in [6.45, 7) is 5.73.